The Bertz CT molecular complexity index is 3140. The lowest BCUT2D eigenvalue weighted by atomic mass is 9.80. The molecule has 0 aliphatic heterocycles. The van der Waals surface area contributed by atoms with E-state index in [0.717, 1.165) is 55.7 Å². The molecule has 0 atom stereocenters. The van der Waals surface area contributed by atoms with Crippen LogP contribution in [0.3, 0.4) is 0 Å². The summed E-state index contributed by atoms with van der Waals surface area (Å²) in [7, 11) is 0. The number of hydrogen-bond donors (Lipinski definition) is 0. The number of nitrogens with zero attached hydrogens (tertiary/aromatic N) is 4. The molecule has 0 unspecified atom stereocenters. The molecule has 1 aliphatic carbocycles. The maximum Gasteiger partial charge on any atom is 0.164 e. The molecular formula is C54H38N4. The van der Waals surface area contributed by atoms with Crippen LogP contribution in [0.25, 0.3) is 95.0 Å². The highest BCUT2D eigenvalue weighted by Crippen LogP contribution is 2.52. The fourth-order valence-electron chi connectivity index (χ4n) is 9.16. The lowest BCUT2D eigenvalue weighted by Crippen LogP contribution is -2.17. The summed E-state index contributed by atoms with van der Waals surface area (Å²) in [6.45, 7) is 4.63. The van der Waals surface area contributed by atoms with Crippen LogP contribution in [0, 0.1) is 0 Å². The first kappa shape index (κ1) is 33.9. The third-order valence-electron chi connectivity index (χ3n) is 11.8. The zero-order valence-corrected chi connectivity index (χ0v) is 32.3. The van der Waals surface area contributed by atoms with Crippen molar-refractivity contribution >= 4 is 21.8 Å². The molecule has 0 radical (unpaired) electrons. The average Bonchev–Trinajstić information content (AvgIpc) is 3.75. The Hall–Kier alpha value is -7.43. The Kier molecular flexibility index (Phi) is 7.80. The lowest BCUT2D eigenvalue weighted by Gasteiger charge is -2.24. The van der Waals surface area contributed by atoms with E-state index in [2.05, 4.69) is 206 Å². The predicted molar refractivity (Wildman–Crippen MR) is 239 cm³/mol. The highest BCUT2D eigenvalue weighted by atomic mass is 15.0. The van der Waals surface area contributed by atoms with Gasteiger partial charge in [0.2, 0.25) is 0 Å². The van der Waals surface area contributed by atoms with Gasteiger partial charge in [0.05, 0.1) is 16.7 Å². The van der Waals surface area contributed by atoms with Crippen LogP contribution in [0.4, 0.5) is 0 Å². The summed E-state index contributed by atoms with van der Waals surface area (Å²) < 4.78 is 2.40. The van der Waals surface area contributed by atoms with E-state index in [1.54, 1.807) is 0 Å². The summed E-state index contributed by atoms with van der Waals surface area (Å²) in [5.74, 6) is 1.92. The van der Waals surface area contributed by atoms with Gasteiger partial charge in [-0.15, -0.1) is 0 Å². The van der Waals surface area contributed by atoms with Gasteiger partial charge >= 0.3 is 0 Å². The maximum atomic E-state index is 5.40. The van der Waals surface area contributed by atoms with Gasteiger partial charge in [-0.2, -0.15) is 0 Å². The van der Waals surface area contributed by atoms with Gasteiger partial charge in [-0.3, -0.25) is 0 Å². The number of para-hydroxylation sites is 2. The average molecular weight is 743 g/mol. The Morgan fingerprint density at radius 1 is 0.362 bits per heavy atom. The second kappa shape index (κ2) is 13.4. The molecule has 274 valence electrons. The summed E-state index contributed by atoms with van der Waals surface area (Å²) in [4.78, 5) is 16.1. The molecule has 0 fully saturated rings. The molecule has 0 spiro atoms. The van der Waals surface area contributed by atoms with Crippen molar-refractivity contribution in [3.63, 3.8) is 0 Å². The topological polar surface area (TPSA) is 43.6 Å². The van der Waals surface area contributed by atoms with Crippen molar-refractivity contribution in [1.29, 1.82) is 0 Å². The standard InChI is InChI=1S/C54H38N4/c1-54(2)46-28-12-9-23-41(46)44-26-16-27-45(50(44)54)53-56-51(38-22-15-21-37(33-38)35-17-5-3-6-18-35)55-52(57-53)39-31-32-40(36-19-7-4-8-20-36)49(34-39)58-47-29-13-10-24-42(47)43-25-11-14-30-48(43)58/h3-34H,1-2H3. The Morgan fingerprint density at radius 3 is 1.60 bits per heavy atom. The molecule has 8 aromatic carbocycles. The van der Waals surface area contributed by atoms with Crippen molar-refractivity contribution in [3.8, 4) is 73.2 Å². The van der Waals surface area contributed by atoms with Crippen LogP contribution in [-0.2, 0) is 5.41 Å². The molecule has 1 aliphatic rings. The number of hydrogen-bond acceptors (Lipinski definition) is 3. The first-order valence-corrected chi connectivity index (χ1v) is 19.9. The molecule has 0 N–H and O–H groups in total. The number of rotatable bonds is 6. The molecule has 2 heterocycles. The van der Waals surface area contributed by atoms with Crippen LogP contribution in [0.5, 0.6) is 0 Å². The summed E-state index contributed by atoms with van der Waals surface area (Å²) in [5.41, 5.74) is 15.6. The molecule has 2 aromatic heterocycles. The van der Waals surface area contributed by atoms with Gasteiger partial charge < -0.3 is 4.57 Å². The summed E-state index contributed by atoms with van der Waals surface area (Å²) in [6, 6.07) is 68.9. The minimum Gasteiger partial charge on any atom is -0.309 e. The van der Waals surface area contributed by atoms with Gasteiger partial charge in [-0.05, 0) is 63.2 Å². The zero-order chi connectivity index (χ0) is 38.8. The zero-order valence-electron chi connectivity index (χ0n) is 32.3. The van der Waals surface area contributed by atoms with Gasteiger partial charge in [-0.1, -0.05) is 184 Å². The van der Waals surface area contributed by atoms with Crippen LogP contribution in [0.15, 0.2) is 194 Å². The first-order chi connectivity index (χ1) is 28.5. The predicted octanol–water partition coefficient (Wildman–Crippen LogP) is 13.6. The van der Waals surface area contributed by atoms with E-state index < -0.39 is 0 Å². The maximum absolute atomic E-state index is 5.40. The van der Waals surface area contributed by atoms with E-state index in [1.807, 2.05) is 6.07 Å². The van der Waals surface area contributed by atoms with Gasteiger partial charge in [0.25, 0.3) is 0 Å². The van der Waals surface area contributed by atoms with Crippen molar-refractivity contribution in [2.24, 2.45) is 0 Å². The number of aromatic nitrogens is 4. The smallest absolute Gasteiger partial charge is 0.164 e. The monoisotopic (exact) mass is 742 g/mol. The normalized spacial score (nSPS) is 12.8. The third kappa shape index (κ3) is 5.41. The molecular weight excluding hydrogens is 705 g/mol. The van der Waals surface area contributed by atoms with Crippen LogP contribution in [0.1, 0.15) is 25.0 Å². The minimum atomic E-state index is -0.246. The lowest BCUT2D eigenvalue weighted by molar-refractivity contribution is 0.661. The first-order valence-electron chi connectivity index (χ1n) is 19.9. The van der Waals surface area contributed by atoms with E-state index in [9.17, 15) is 0 Å². The van der Waals surface area contributed by atoms with Crippen molar-refractivity contribution in [1.82, 2.24) is 19.5 Å². The molecule has 0 bridgehead atoms. The van der Waals surface area contributed by atoms with E-state index >= 15 is 0 Å². The van der Waals surface area contributed by atoms with Crippen LogP contribution >= 0.6 is 0 Å². The molecule has 10 aromatic rings. The van der Waals surface area contributed by atoms with Gasteiger partial charge in [0.15, 0.2) is 17.5 Å². The van der Waals surface area contributed by atoms with E-state index in [0.29, 0.717) is 17.5 Å². The summed E-state index contributed by atoms with van der Waals surface area (Å²) in [5, 5.41) is 2.43. The largest absolute Gasteiger partial charge is 0.309 e. The van der Waals surface area contributed by atoms with Crippen LogP contribution in [0.2, 0.25) is 0 Å². The van der Waals surface area contributed by atoms with Crippen molar-refractivity contribution in [2.45, 2.75) is 19.3 Å². The Morgan fingerprint density at radius 2 is 0.879 bits per heavy atom. The van der Waals surface area contributed by atoms with Gasteiger partial charge in [0, 0.05) is 38.4 Å². The third-order valence-corrected chi connectivity index (χ3v) is 11.8. The summed E-state index contributed by atoms with van der Waals surface area (Å²) in [6.07, 6.45) is 0. The second-order valence-electron chi connectivity index (χ2n) is 15.6. The fraction of sp³-hybridized carbons (Fsp3) is 0.0556. The van der Waals surface area contributed by atoms with E-state index in [1.165, 1.54) is 33.0 Å². The van der Waals surface area contributed by atoms with Gasteiger partial charge in [-0.25, -0.2) is 15.0 Å². The highest BCUT2D eigenvalue weighted by molar-refractivity contribution is 6.10. The highest BCUT2D eigenvalue weighted by Gasteiger charge is 2.38. The van der Waals surface area contributed by atoms with Crippen LogP contribution in [-0.4, -0.2) is 19.5 Å². The van der Waals surface area contributed by atoms with Crippen molar-refractivity contribution in [3.05, 3.63) is 205 Å². The summed E-state index contributed by atoms with van der Waals surface area (Å²) >= 11 is 0. The molecule has 0 amide bonds. The molecule has 0 saturated heterocycles. The fourth-order valence-corrected chi connectivity index (χ4v) is 9.16. The SMILES string of the molecule is CC1(C)c2ccccc2-c2cccc(-c3nc(-c4cccc(-c5ccccc5)c4)nc(-c4ccc(-c5ccccc5)c(-n5c6ccccc6c6ccccc65)c4)n3)c21. The van der Waals surface area contributed by atoms with Gasteiger partial charge in [0.1, 0.15) is 0 Å². The molecule has 58 heavy (non-hydrogen) atoms. The second-order valence-corrected chi connectivity index (χ2v) is 15.6. The van der Waals surface area contributed by atoms with E-state index in [-0.39, 0.29) is 5.41 Å². The van der Waals surface area contributed by atoms with E-state index in [4.69, 9.17) is 15.0 Å². The van der Waals surface area contributed by atoms with Crippen LogP contribution < -0.4 is 0 Å². The van der Waals surface area contributed by atoms with Crippen molar-refractivity contribution < 1.29 is 0 Å². The Labute approximate surface area is 337 Å². The molecule has 11 rings (SSSR count). The Balaban J connectivity index is 1.17. The minimum absolute atomic E-state index is 0.246. The molecule has 4 heteroatoms. The van der Waals surface area contributed by atoms with Crippen molar-refractivity contribution in [2.75, 3.05) is 0 Å². The molecule has 4 nitrogen and oxygen atoms in total. The number of fused-ring (bicyclic) bond motifs is 6. The molecule has 0 saturated carbocycles. The number of benzene rings is 8. The quantitative estimate of drug-likeness (QED) is 0.170.